The normalized spacial score (nSPS) is 12.3. The minimum absolute atomic E-state index is 0.171. The Morgan fingerprint density at radius 2 is 1.97 bits per heavy atom. The van der Waals surface area contributed by atoms with E-state index >= 15 is 0 Å². The fourth-order valence-electron chi connectivity index (χ4n) is 3.15. The van der Waals surface area contributed by atoms with Gasteiger partial charge in [0.1, 0.15) is 9.88 Å². The Bertz CT molecular complexity index is 1230. The minimum Gasteiger partial charge on any atom is -0.454 e. The molecule has 6 nitrogen and oxygen atoms in total. The van der Waals surface area contributed by atoms with E-state index in [1.165, 1.54) is 22.7 Å². The van der Waals surface area contributed by atoms with Gasteiger partial charge in [0.05, 0.1) is 11.4 Å². The van der Waals surface area contributed by atoms with Crippen molar-refractivity contribution in [2.75, 3.05) is 12.1 Å². The first-order chi connectivity index (χ1) is 14.6. The van der Waals surface area contributed by atoms with Gasteiger partial charge >= 0.3 is 0 Å². The number of thiazole rings is 2. The maximum absolute atomic E-state index is 12.8. The number of amides is 1. The van der Waals surface area contributed by atoms with Crippen molar-refractivity contribution >= 4 is 45.0 Å². The number of nitrogens with one attached hydrogen (secondary N) is 1. The van der Waals surface area contributed by atoms with E-state index in [2.05, 4.69) is 15.3 Å². The number of anilines is 1. The van der Waals surface area contributed by atoms with Crippen LogP contribution in [0.15, 0.2) is 35.0 Å². The Morgan fingerprint density at radius 3 is 2.80 bits per heavy atom. The number of hydrogen-bond acceptors (Lipinski definition) is 8. The van der Waals surface area contributed by atoms with Crippen molar-refractivity contribution in [1.82, 2.24) is 9.97 Å². The average Bonchev–Trinajstić information content (AvgIpc) is 3.49. The number of fused-ring (bicyclic) bond motifs is 1. The molecule has 1 aromatic carbocycles. The van der Waals surface area contributed by atoms with Crippen LogP contribution in [0, 0.1) is 13.8 Å². The molecule has 0 bridgehead atoms. The van der Waals surface area contributed by atoms with E-state index in [0.29, 0.717) is 10.0 Å². The molecule has 4 heterocycles. The number of hydrogen-bond donors (Lipinski definition) is 1. The second-order valence-electron chi connectivity index (χ2n) is 6.79. The number of thiophene rings is 1. The van der Waals surface area contributed by atoms with Gasteiger partial charge in [-0.3, -0.25) is 10.1 Å². The molecule has 0 saturated heterocycles. The number of rotatable bonds is 5. The minimum atomic E-state index is -0.171. The van der Waals surface area contributed by atoms with Gasteiger partial charge in [0, 0.05) is 22.2 Å². The Kier molecular flexibility index (Phi) is 5.01. The summed E-state index contributed by atoms with van der Waals surface area (Å²) in [6, 6.07) is 7.95. The molecule has 3 aromatic heterocycles. The first-order valence-electron chi connectivity index (χ1n) is 9.23. The molecule has 0 radical (unpaired) electrons. The molecule has 1 N–H and O–H groups in total. The van der Waals surface area contributed by atoms with E-state index in [1.54, 1.807) is 11.3 Å². The van der Waals surface area contributed by atoms with Crippen molar-refractivity contribution in [2.45, 2.75) is 20.3 Å². The monoisotopic (exact) mass is 455 g/mol. The van der Waals surface area contributed by atoms with Gasteiger partial charge in [-0.25, -0.2) is 9.97 Å². The predicted molar refractivity (Wildman–Crippen MR) is 120 cm³/mol. The number of aryl methyl sites for hydroxylation is 2. The van der Waals surface area contributed by atoms with Crippen molar-refractivity contribution in [2.24, 2.45) is 0 Å². The zero-order valence-corrected chi connectivity index (χ0v) is 18.7. The molecule has 0 saturated carbocycles. The first kappa shape index (κ1) is 19.2. The molecule has 152 valence electrons. The van der Waals surface area contributed by atoms with Crippen molar-refractivity contribution in [1.29, 1.82) is 0 Å². The first-order valence-corrected chi connectivity index (χ1v) is 11.8. The van der Waals surface area contributed by atoms with Crippen LogP contribution in [0.2, 0.25) is 0 Å². The molecule has 5 rings (SSSR count). The van der Waals surface area contributed by atoms with Crippen LogP contribution in [-0.2, 0) is 6.42 Å². The predicted octanol–water partition coefficient (Wildman–Crippen LogP) is 5.52. The zero-order valence-electron chi connectivity index (χ0n) is 16.2. The third-order valence-corrected chi connectivity index (χ3v) is 7.65. The molecule has 4 aromatic rings. The Balaban J connectivity index is 1.32. The summed E-state index contributed by atoms with van der Waals surface area (Å²) in [5.41, 5.74) is 3.80. The number of aromatic nitrogens is 2. The van der Waals surface area contributed by atoms with Crippen molar-refractivity contribution in [3.63, 3.8) is 0 Å². The van der Waals surface area contributed by atoms with Crippen LogP contribution in [0.1, 0.15) is 31.5 Å². The SMILES string of the molecule is Cc1nc(NC(=O)c2sc(-c3ccsc3)nc2C)sc1Cc1ccc2c(c1)OCO2. The highest BCUT2D eigenvalue weighted by Gasteiger charge is 2.19. The fourth-order valence-corrected chi connectivity index (χ4v) is 5.82. The fraction of sp³-hybridized carbons (Fsp3) is 0.190. The van der Waals surface area contributed by atoms with Gasteiger partial charge in [0.15, 0.2) is 16.6 Å². The maximum Gasteiger partial charge on any atom is 0.269 e. The van der Waals surface area contributed by atoms with Crippen molar-refractivity contribution < 1.29 is 14.3 Å². The molecule has 0 aliphatic carbocycles. The van der Waals surface area contributed by atoms with Crippen molar-refractivity contribution in [3.8, 4) is 22.1 Å². The molecule has 0 spiro atoms. The summed E-state index contributed by atoms with van der Waals surface area (Å²) >= 11 is 4.51. The van der Waals surface area contributed by atoms with Gasteiger partial charge in [0.2, 0.25) is 6.79 Å². The number of nitrogens with zero attached hydrogens (tertiary/aromatic N) is 2. The molecular formula is C21H17N3O3S3. The molecule has 9 heteroatoms. The zero-order chi connectivity index (χ0) is 20.7. The molecule has 30 heavy (non-hydrogen) atoms. The van der Waals surface area contributed by atoms with E-state index in [4.69, 9.17) is 9.47 Å². The van der Waals surface area contributed by atoms with Crippen molar-refractivity contribution in [3.05, 3.63) is 61.7 Å². The molecular weight excluding hydrogens is 438 g/mol. The molecule has 1 aliphatic rings. The maximum atomic E-state index is 12.8. The lowest BCUT2D eigenvalue weighted by Crippen LogP contribution is -2.11. The van der Waals surface area contributed by atoms with Gasteiger partial charge in [-0.15, -0.1) is 22.7 Å². The van der Waals surface area contributed by atoms with Crippen LogP contribution < -0.4 is 14.8 Å². The van der Waals surface area contributed by atoms with Gasteiger partial charge in [-0.1, -0.05) is 6.07 Å². The highest BCUT2D eigenvalue weighted by molar-refractivity contribution is 7.18. The van der Waals surface area contributed by atoms with Gasteiger partial charge in [0.25, 0.3) is 5.91 Å². The largest absolute Gasteiger partial charge is 0.454 e. The summed E-state index contributed by atoms with van der Waals surface area (Å²) < 4.78 is 10.8. The Morgan fingerprint density at radius 1 is 1.10 bits per heavy atom. The number of carbonyl (C=O) groups excluding carboxylic acids is 1. The topological polar surface area (TPSA) is 73.3 Å². The molecule has 1 aliphatic heterocycles. The Hall–Kier alpha value is -2.75. The van der Waals surface area contributed by atoms with E-state index in [1.807, 2.05) is 48.9 Å². The second-order valence-corrected chi connectivity index (χ2v) is 9.65. The summed E-state index contributed by atoms with van der Waals surface area (Å²) in [7, 11) is 0. The Labute approximate surface area is 185 Å². The van der Waals surface area contributed by atoms with E-state index in [0.717, 1.165) is 50.3 Å². The molecule has 0 unspecified atom stereocenters. The van der Waals surface area contributed by atoms with Crippen LogP contribution in [-0.4, -0.2) is 22.7 Å². The van der Waals surface area contributed by atoms with Crippen LogP contribution in [0.3, 0.4) is 0 Å². The smallest absolute Gasteiger partial charge is 0.269 e. The quantitative estimate of drug-likeness (QED) is 0.429. The average molecular weight is 456 g/mol. The standard InChI is InChI=1S/C21H17N3O3S3/c1-11-17(8-13-3-4-15-16(7-13)27-10-26-15)29-21(23-11)24-19(25)18-12(2)22-20(30-18)14-5-6-28-9-14/h3-7,9H,8,10H2,1-2H3,(H,23,24,25). The van der Waals surface area contributed by atoms with Gasteiger partial charge in [-0.05, 0) is 43.0 Å². The van der Waals surface area contributed by atoms with E-state index in [-0.39, 0.29) is 12.7 Å². The summed E-state index contributed by atoms with van der Waals surface area (Å²) in [5.74, 6) is 1.37. The second kappa shape index (κ2) is 7.82. The number of ether oxygens (including phenoxy) is 2. The lowest BCUT2D eigenvalue weighted by atomic mass is 10.1. The van der Waals surface area contributed by atoms with Crippen LogP contribution in [0.5, 0.6) is 11.5 Å². The third-order valence-electron chi connectivity index (χ3n) is 4.69. The number of carbonyl (C=O) groups is 1. The number of benzene rings is 1. The van der Waals surface area contributed by atoms with E-state index < -0.39 is 0 Å². The summed E-state index contributed by atoms with van der Waals surface area (Å²) in [6.07, 6.45) is 0.720. The summed E-state index contributed by atoms with van der Waals surface area (Å²) in [5, 5.41) is 8.44. The van der Waals surface area contributed by atoms with Gasteiger partial charge in [-0.2, -0.15) is 11.3 Å². The lowest BCUT2D eigenvalue weighted by molar-refractivity contribution is 0.102. The van der Waals surface area contributed by atoms with Crippen LogP contribution in [0.4, 0.5) is 5.13 Å². The highest BCUT2D eigenvalue weighted by Crippen LogP contribution is 2.35. The summed E-state index contributed by atoms with van der Waals surface area (Å²) in [4.78, 5) is 23.6. The molecule has 0 atom stereocenters. The molecule has 1 amide bonds. The molecule has 0 fully saturated rings. The van der Waals surface area contributed by atoms with Gasteiger partial charge < -0.3 is 9.47 Å². The van der Waals surface area contributed by atoms with Crippen LogP contribution >= 0.6 is 34.0 Å². The van der Waals surface area contributed by atoms with Crippen LogP contribution in [0.25, 0.3) is 10.6 Å². The third kappa shape index (κ3) is 3.71. The lowest BCUT2D eigenvalue weighted by Gasteiger charge is -2.02. The van der Waals surface area contributed by atoms with E-state index in [9.17, 15) is 4.79 Å². The summed E-state index contributed by atoms with van der Waals surface area (Å²) in [6.45, 7) is 4.08. The highest BCUT2D eigenvalue weighted by atomic mass is 32.1.